The topological polar surface area (TPSA) is 97.0 Å². The van der Waals surface area contributed by atoms with E-state index in [1.54, 1.807) is 55.6 Å². The van der Waals surface area contributed by atoms with Gasteiger partial charge in [0, 0.05) is 5.69 Å². The van der Waals surface area contributed by atoms with Crippen LogP contribution in [0.2, 0.25) is 0 Å². The zero-order valence-electron chi connectivity index (χ0n) is 18.3. The number of carbonyl (C=O) groups is 3. The largest absolute Gasteiger partial charge is 0.497 e. The average molecular weight is 463 g/mol. The van der Waals surface area contributed by atoms with Crippen molar-refractivity contribution in [2.24, 2.45) is 0 Å². The molecule has 0 saturated carbocycles. The van der Waals surface area contributed by atoms with Gasteiger partial charge in [0.2, 0.25) is 11.8 Å². The highest BCUT2D eigenvalue weighted by Crippen LogP contribution is 2.33. The number of halogens is 1. The fourth-order valence-corrected chi connectivity index (χ4v) is 3.59. The van der Waals surface area contributed by atoms with Crippen LogP contribution in [0.1, 0.15) is 6.42 Å². The monoisotopic (exact) mass is 463 g/mol. The minimum atomic E-state index is -1.09. The second kappa shape index (κ2) is 10.0. The third kappa shape index (κ3) is 5.15. The number of carbonyl (C=O) groups excluding carboxylic acids is 3. The molecular weight excluding hydrogens is 441 g/mol. The molecule has 0 fully saturated rings. The Morgan fingerprint density at radius 1 is 1.00 bits per heavy atom. The lowest BCUT2D eigenvalue weighted by atomic mass is 10.0. The van der Waals surface area contributed by atoms with Gasteiger partial charge in [-0.05, 0) is 60.7 Å². The summed E-state index contributed by atoms with van der Waals surface area (Å²) in [4.78, 5) is 40.1. The van der Waals surface area contributed by atoms with Gasteiger partial charge in [0.25, 0.3) is 5.91 Å². The molecule has 1 aliphatic rings. The second-order valence-corrected chi connectivity index (χ2v) is 7.51. The van der Waals surface area contributed by atoms with Gasteiger partial charge in [0.05, 0.1) is 24.9 Å². The van der Waals surface area contributed by atoms with Crippen molar-refractivity contribution in [1.82, 2.24) is 0 Å². The number of methoxy groups -OCH3 is 1. The molecule has 8 nitrogen and oxygen atoms in total. The van der Waals surface area contributed by atoms with Gasteiger partial charge in [-0.25, -0.2) is 4.39 Å². The third-order valence-corrected chi connectivity index (χ3v) is 5.23. The first-order valence-corrected chi connectivity index (χ1v) is 10.5. The molecule has 3 aromatic rings. The third-order valence-electron chi connectivity index (χ3n) is 5.23. The normalized spacial score (nSPS) is 14.6. The lowest BCUT2D eigenvalue weighted by Crippen LogP contribution is -2.53. The molecule has 9 heteroatoms. The number of nitrogens with one attached hydrogen (secondary N) is 2. The van der Waals surface area contributed by atoms with Gasteiger partial charge in [-0.1, -0.05) is 12.1 Å². The van der Waals surface area contributed by atoms with Crippen LogP contribution in [0.15, 0.2) is 72.8 Å². The van der Waals surface area contributed by atoms with Gasteiger partial charge in [0.1, 0.15) is 23.4 Å². The standard InChI is InChI=1S/C25H22FN3O5/c1-33-18-12-8-17(9-13-18)27-23(30)14-22-25(32)28-20-4-2-3-5-21(20)29(22)24(31)15-34-19-10-6-16(26)7-11-19/h2-13,22H,14-15H2,1H3,(H,27,30)(H,28,32)/t22-/m0/s1. The maximum atomic E-state index is 13.2. The van der Waals surface area contributed by atoms with Gasteiger partial charge in [0.15, 0.2) is 6.61 Å². The molecule has 34 heavy (non-hydrogen) atoms. The van der Waals surface area contributed by atoms with Crippen LogP contribution in [0.25, 0.3) is 0 Å². The molecule has 0 aliphatic carbocycles. The maximum Gasteiger partial charge on any atom is 0.265 e. The molecular formula is C25H22FN3O5. The number of nitrogens with zero attached hydrogens (tertiary/aromatic N) is 1. The molecule has 3 aromatic carbocycles. The van der Waals surface area contributed by atoms with Crippen LogP contribution in [0.5, 0.6) is 11.5 Å². The van der Waals surface area contributed by atoms with Crippen molar-refractivity contribution in [3.05, 3.63) is 78.6 Å². The highest BCUT2D eigenvalue weighted by molar-refractivity contribution is 6.14. The Morgan fingerprint density at radius 3 is 2.38 bits per heavy atom. The van der Waals surface area contributed by atoms with Crippen LogP contribution in [0, 0.1) is 5.82 Å². The summed E-state index contributed by atoms with van der Waals surface area (Å²) in [5.41, 5.74) is 1.44. The molecule has 0 radical (unpaired) electrons. The van der Waals surface area contributed by atoms with E-state index in [1.165, 1.54) is 29.2 Å². The predicted octanol–water partition coefficient (Wildman–Crippen LogP) is 3.60. The Balaban J connectivity index is 1.52. The first kappa shape index (κ1) is 22.8. The zero-order valence-corrected chi connectivity index (χ0v) is 18.3. The van der Waals surface area contributed by atoms with Gasteiger partial charge >= 0.3 is 0 Å². The van der Waals surface area contributed by atoms with Crippen molar-refractivity contribution in [2.45, 2.75) is 12.5 Å². The summed E-state index contributed by atoms with van der Waals surface area (Å²) in [6.45, 7) is -0.399. The SMILES string of the molecule is COc1ccc(NC(=O)C[C@H]2C(=O)Nc3ccccc3N2C(=O)COc2ccc(F)cc2)cc1. The fraction of sp³-hybridized carbons (Fsp3) is 0.160. The number of rotatable bonds is 7. The van der Waals surface area contributed by atoms with E-state index in [9.17, 15) is 18.8 Å². The molecule has 1 heterocycles. The maximum absolute atomic E-state index is 13.2. The van der Waals surface area contributed by atoms with Crippen molar-refractivity contribution in [2.75, 3.05) is 29.3 Å². The van der Waals surface area contributed by atoms with Crippen LogP contribution in [0.4, 0.5) is 21.5 Å². The molecule has 0 saturated heterocycles. The molecule has 174 valence electrons. The van der Waals surface area contributed by atoms with Crippen molar-refractivity contribution in [3.8, 4) is 11.5 Å². The number of hydrogen-bond donors (Lipinski definition) is 2. The first-order chi connectivity index (χ1) is 16.4. The number of amides is 3. The number of para-hydroxylation sites is 2. The summed E-state index contributed by atoms with van der Waals surface area (Å²) in [6.07, 6.45) is -0.269. The average Bonchev–Trinajstić information content (AvgIpc) is 2.84. The van der Waals surface area contributed by atoms with Crippen LogP contribution in [-0.2, 0) is 14.4 Å². The Labute approximate surface area is 195 Å². The molecule has 0 bridgehead atoms. The van der Waals surface area contributed by atoms with Crippen LogP contribution < -0.4 is 25.0 Å². The van der Waals surface area contributed by atoms with E-state index in [2.05, 4.69) is 10.6 Å². The molecule has 1 aliphatic heterocycles. The van der Waals surface area contributed by atoms with Gasteiger partial charge in [-0.2, -0.15) is 0 Å². The molecule has 1 atom stereocenters. The van der Waals surface area contributed by atoms with E-state index in [4.69, 9.17) is 9.47 Å². The number of benzene rings is 3. The highest BCUT2D eigenvalue weighted by atomic mass is 19.1. The minimum Gasteiger partial charge on any atom is -0.497 e. The molecule has 4 rings (SSSR count). The smallest absolute Gasteiger partial charge is 0.265 e. The Bertz CT molecular complexity index is 1200. The van der Waals surface area contributed by atoms with E-state index in [0.717, 1.165) is 0 Å². The van der Waals surface area contributed by atoms with Gasteiger partial charge in [-0.15, -0.1) is 0 Å². The lowest BCUT2D eigenvalue weighted by Gasteiger charge is -2.36. The van der Waals surface area contributed by atoms with Gasteiger partial charge < -0.3 is 20.1 Å². The number of anilines is 3. The number of ether oxygens (including phenoxy) is 2. The second-order valence-electron chi connectivity index (χ2n) is 7.51. The molecule has 2 N–H and O–H groups in total. The summed E-state index contributed by atoms with van der Waals surface area (Å²) < 4.78 is 23.7. The lowest BCUT2D eigenvalue weighted by molar-refractivity contribution is -0.127. The predicted molar refractivity (Wildman–Crippen MR) is 124 cm³/mol. The van der Waals surface area contributed by atoms with Crippen molar-refractivity contribution < 1.29 is 28.2 Å². The highest BCUT2D eigenvalue weighted by Gasteiger charge is 2.38. The van der Waals surface area contributed by atoms with Crippen molar-refractivity contribution in [1.29, 1.82) is 0 Å². The summed E-state index contributed by atoms with van der Waals surface area (Å²) in [7, 11) is 1.54. The summed E-state index contributed by atoms with van der Waals surface area (Å²) in [5, 5.41) is 5.48. The van der Waals surface area contributed by atoms with Crippen LogP contribution >= 0.6 is 0 Å². The first-order valence-electron chi connectivity index (χ1n) is 10.5. The number of fused-ring (bicyclic) bond motifs is 1. The van der Waals surface area contributed by atoms with Crippen LogP contribution in [-0.4, -0.2) is 37.5 Å². The minimum absolute atomic E-state index is 0.269. The zero-order chi connectivity index (χ0) is 24.1. The van der Waals surface area contributed by atoms with E-state index in [-0.39, 0.29) is 6.42 Å². The fourth-order valence-electron chi connectivity index (χ4n) is 3.59. The summed E-state index contributed by atoms with van der Waals surface area (Å²) in [6, 6.07) is 17.7. The van der Waals surface area contributed by atoms with Crippen molar-refractivity contribution >= 4 is 34.8 Å². The Kier molecular flexibility index (Phi) is 6.72. The number of hydrogen-bond acceptors (Lipinski definition) is 5. The molecule has 0 unspecified atom stereocenters. The van der Waals surface area contributed by atoms with E-state index in [0.29, 0.717) is 28.6 Å². The molecule has 0 spiro atoms. The Hall–Kier alpha value is -4.40. The summed E-state index contributed by atoms with van der Waals surface area (Å²) >= 11 is 0. The summed E-state index contributed by atoms with van der Waals surface area (Å²) in [5.74, 6) is -0.935. The molecule has 3 amide bonds. The van der Waals surface area contributed by atoms with E-state index in [1.807, 2.05) is 0 Å². The Morgan fingerprint density at radius 2 is 1.68 bits per heavy atom. The van der Waals surface area contributed by atoms with Crippen LogP contribution in [0.3, 0.4) is 0 Å². The van der Waals surface area contributed by atoms with Gasteiger partial charge in [-0.3, -0.25) is 19.3 Å². The van der Waals surface area contributed by atoms with Crippen molar-refractivity contribution in [3.63, 3.8) is 0 Å². The molecule has 0 aromatic heterocycles. The quantitative estimate of drug-likeness (QED) is 0.558. The van der Waals surface area contributed by atoms with E-state index < -0.39 is 36.2 Å². The van der Waals surface area contributed by atoms with E-state index >= 15 is 0 Å².